The van der Waals surface area contributed by atoms with E-state index in [4.69, 9.17) is 4.74 Å². The van der Waals surface area contributed by atoms with E-state index in [0.717, 1.165) is 87.4 Å². The average molecular weight is 717 g/mol. The van der Waals surface area contributed by atoms with Gasteiger partial charge in [0.15, 0.2) is 5.82 Å². The molecule has 4 N–H and O–H groups in total. The van der Waals surface area contributed by atoms with Crippen molar-refractivity contribution in [1.29, 1.82) is 0 Å². The topological polar surface area (TPSA) is 186 Å². The monoisotopic (exact) mass is 716 g/mol. The Morgan fingerprint density at radius 1 is 0.923 bits per heavy atom. The molecule has 5 heterocycles. The number of H-pyrrole nitrogens is 1. The molecule has 0 spiro atoms. The first kappa shape index (κ1) is 35.6. The molecule has 1 aromatic heterocycles. The molecule has 278 valence electrons. The van der Waals surface area contributed by atoms with E-state index in [1.54, 1.807) is 12.1 Å². The van der Waals surface area contributed by atoms with Crippen LogP contribution in [0.2, 0.25) is 0 Å². The highest BCUT2D eigenvalue weighted by molar-refractivity contribution is 6.23. The van der Waals surface area contributed by atoms with Crippen molar-refractivity contribution in [3.8, 4) is 0 Å². The normalized spacial score (nSPS) is 24.7. The number of benzene rings is 1. The number of nitrogens with zero attached hydrogens (tertiary/aromatic N) is 4. The van der Waals surface area contributed by atoms with E-state index < -0.39 is 29.7 Å². The van der Waals surface area contributed by atoms with Crippen molar-refractivity contribution in [3.05, 3.63) is 41.1 Å². The highest BCUT2D eigenvalue weighted by Crippen LogP contribution is 2.36. The van der Waals surface area contributed by atoms with Gasteiger partial charge in [0, 0.05) is 61.4 Å². The largest absolute Gasteiger partial charge is 0.446 e. The van der Waals surface area contributed by atoms with E-state index in [0.29, 0.717) is 29.8 Å². The lowest BCUT2D eigenvalue weighted by Gasteiger charge is -2.42. The van der Waals surface area contributed by atoms with Crippen LogP contribution < -0.4 is 20.9 Å². The van der Waals surface area contributed by atoms with Crippen LogP contribution in [0, 0.1) is 5.92 Å². The van der Waals surface area contributed by atoms with Gasteiger partial charge in [-0.2, -0.15) is 5.10 Å². The molecule has 6 amide bonds. The molecule has 3 saturated heterocycles. The first-order valence-corrected chi connectivity index (χ1v) is 18.7. The Kier molecular flexibility index (Phi) is 10.3. The number of carbonyl (C=O) groups excluding carboxylic acids is 6. The highest BCUT2D eigenvalue weighted by Gasteiger charge is 2.45. The molecule has 7 rings (SSSR count). The smallest absolute Gasteiger partial charge is 0.407 e. The van der Waals surface area contributed by atoms with E-state index in [1.807, 2.05) is 26.0 Å². The second kappa shape index (κ2) is 15.1. The number of rotatable bonds is 9. The number of fused-ring (bicyclic) bond motifs is 1. The predicted octanol–water partition coefficient (Wildman–Crippen LogP) is 3.29. The number of carbonyl (C=O) groups is 6. The molecule has 52 heavy (non-hydrogen) atoms. The van der Waals surface area contributed by atoms with Crippen molar-refractivity contribution >= 4 is 47.1 Å². The van der Waals surface area contributed by atoms with Gasteiger partial charge in [-0.1, -0.05) is 0 Å². The van der Waals surface area contributed by atoms with Gasteiger partial charge in [0.1, 0.15) is 12.1 Å². The summed E-state index contributed by atoms with van der Waals surface area (Å²) in [6.45, 7) is 7.32. The first-order chi connectivity index (χ1) is 25.0. The van der Waals surface area contributed by atoms with Gasteiger partial charge < -0.3 is 25.2 Å². The lowest BCUT2D eigenvalue weighted by atomic mass is 9.91. The molecule has 0 bridgehead atoms. The number of aromatic nitrogens is 2. The van der Waals surface area contributed by atoms with Gasteiger partial charge in [0.25, 0.3) is 11.8 Å². The molecule has 4 aliphatic heterocycles. The second-order valence-electron chi connectivity index (χ2n) is 15.2. The van der Waals surface area contributed by atoms with Gasteiger partial charge in [0.05, 0.1) is 11.1 Å². The Morgan fingerprint density at radius 3 is 2.40 bits per heavy atom. The molecule has 5 aliphatic rings. The fourth-order valence-corrected chi connectivity index (χ4v) is 8.48. The van der Waals surface area contributed by atoms with Crippen LogP contribution in [0.15, 0.2) is 24.3 Å². The lowest BCUT2D eigenvalue weighted by Crippen LogP contribution is -2.54. The summed E-state index contributed by atoms with van der Waals surface area (Å²) in [6, 6.07) is 6.69. The molecule has 1 saturated carbocycles. The van der Waals surface area contributed by atoms with Crippen molar-refractivity contribution in [3.63, 3.8) is 0 Å². The molecular weight excluding hydrogens is 668 g/mol. The molecule has 3 atom stereocenters. The number of ether oxygens (including phenoxy) is 1. The molecule has 1 aliphatic carbocycles. The summed E-state index contributed by atoms with van der Waals surface area (Å²) in [7, 11) is 0. The maximum Gasteiger partial charge on any atom is 0.407 e. The third kappa shape index (κ3) is 7.69. The van der Waals surface area contributed by atoms with Crippen LogP contribution in [-0.4, -0.2) is 106 Å². The maximum absolute atomic E-state index is 13.3. The zero-order chi connectivity index (χ0) is 36.5. The van der Waals surface area contributed by atoms with Crippen molar-refractivity contribution in [2.75, 3.05) is 36.4 Å². The number of hydrogen-bond donors (Lipinski definition) is 4. The van der Waals surface area contributed by atoms with E-state index in [2.05, 4.69) is 35.9 Å². The van der Waals surface area contributed by atoms with Crippen LogP contribution >= 0.6 is 0 Å². The minimum Gasteiger partial charge on any atom is -0.446 e. The van der Waals surface area contributed by atoms with Crippen LogP contribution in [0.3, 0.4) is 0 Å². The highest BCUT2D eigenvalue weighted by atomic mass is 16.6. The molecule has 15 nitrogen and oxygen atoms in total. The second-order valence-corrected chi connectivity index (χ2v) is 15.2. The Hall–Kier alpha value is -4.79. The van der Waals surface area contributed by atoms with Crippen LogP contribution in [-0.2, 0) is 19.1 Å². The molecule has 2 aromatic rings. The summed E-state index contributed by atoms with van der Waals surface area (Å²) < 4.78 is 5.55. The molecule has 1 unspecified atom stereocenters. The Bertz CT molecular complexity index is 1730. The zero-order valence-corrected chi connectivity index (χ0v) is 29.8. The summed E-state index contributed by atoms with van der Waals surface area (Å²) in [6.07, 6.45) is 6.42. The Labute approximate surface area is 302 Å². The molecule has 1 aromatic carbocycles. The number of anilines is 2. The van der Waals surface area contributed by atoms with Crippen molar-refractivity contribution in [2.24, 2.45) is 5.92 Å². The van der Waals surface area contributed by atoms with Gasteiger partial charge in [0.2, 0.25) is 17.7 Å². The number of piperidine rings is 3. The summed E-state index contributed by atoms with van der Waals surface area (Å²) >= 11 is 0. The number of nitrogens with one attached hydrogen (secondary N) is 4. The predicted molar refractivity (Wildman–Crippen MR) is 190 cm³/mol. The van der Waals surface area contributed by atoms with Gasteiger partial charge in [-0.3, -0.25) is 39.3 Å². The fraction of sp³-hybridized carbons (Fsp3) is 0.595. The summed E-state index contributed by atoms with van der Waals surface area (Å²) in [5.74, 6) is -0.984. The van der Waals surface area contributed by atoms with Crippen molar-refractivity contribution < 1.29 is 33.5 Å². The quantitative estimate of drug-likeness (QED) is 0.281. The summed E-state index contributed by atoms with van der Waals surface area (Å²) in [4.78, 5) is 81.1. The van der Waals surface area contributed by atoms with Crippen LogP contribution in [0.1, 0.15) is 110 Å². The van der Waals surface area contributed by atoms with Crippen LogP contribution in [0.5, 0.6) is 0 Å². The molecular formula is C37H48N8O7. The average Bonchev–Trinajstić information content (AvgIpc) is 3.83. The molecule has 15 heteroatoms. The molecule has 4 fully saturated rings. The standard InChI is InChI=1S/C37H48N8O7/c1-21(2)38-37(51)52-26-5-3-23(18-26)29-20-31(42-41-29)39-33(47)17-22-9-13-43(14-10-22)24-11-15-44(16-12-24)25-4-6-27-28(19-25)36(50)45(35(27)49)30-7-8-32(46)40-34(30)48/h4,6,19-24,26,30H,3,5,7-18H2,1-2H3,(H,38,51)(H,40,46,48)(H2,39,41,42,47)/t23-,26+,30?/m1/s1. The van der Waals surface area contributed by atoms with Gasteiger partial charge >= 0.3 is 6.09 Å². The Balaban J connectivity index is 0.835. The number of amides is 6. The minimum absolute atomic E-state index is 0.0275. The number of likely N-dealkylation sites (tertiary alicyclic amines) is 1. The minimum atomic E-state index is -0.976. The van der Waals surface area contributed by atoms with Crippen LogP contribution in [0.25, 0.3) is 0 Å². The van der Waals surface area contributed by atoms with E-state index in [9.17, 15) is 28.8 Å². The number of imide groups is 2. The third-order valence-electron chi connectivity index (χ3n) is 11.3. The van der Waals surface area contributed by atoms with Gasteiger partial charge in [-0.05, 0) is 102 Å². The molecule has 0 radical (unpaired) electrons. The SMILES string of the molecule is CC(C)NC(=O)O[C@H]1CC[C@@H](c2cc(NC(=O)CC3CCN(C4CCN(c5ccc6c(c5)C(=O)N(C5CCC(=O)NC5=O)C6=O)CC4)CC3)n[nH]2)C1. The fourth-order valence-electron chi connectivity index (χ4n) is 8.48. The number of aromatic amines is 1. The van der Waals surface area contributed by atoms with E-state index in [-0.39, 0.29) is 48.5 Å². The third-order valence-corrected chi connectivity index (χ3v) is 11.3. The number of hydrogen-bond acceptors (Lipinski definition) is 10. The van der Waals surface area contributed by atoms with Crippen LogP contribution in [0.4, 0.5) is 16.3 Å². The van der Waals surface area contributed by atoms with E-state index >= 15 is 0 Å². The number of alkyl carbamates (subject to hydrolysis) is 1. The maximum atomic E-state index is 13.3. The summed E-state index contributed by atoms with van der Waals surface area (Å²) in [5, 5.41) is 15.4. The van der Waals surface area contributed by atoms with Crippen molar-refractivity contribution in [2.45, 2.75) is 108 Å². The first-order valence-electron chi connectivity index (χ1n) is 18.7. The Morgan fingerprint density at radius 2 is 1.67 bits per heavy atom. The van der Waals surface area contributed by atoms with E-state index in [1.165, 1.54) is 0 Å². The van der Waals surface area contributed by atoms with Crippen molar-refractivity contribution in [1.82, 2.24) is 30.6 Å². The van der Waals surface area contributed by atoms with Gasteiger partial charge in [-0.25, -0.2) is 4.79 Å². The lowest BCUT2D eigenvalue weighted by molar-refractivity contribution is -0.136. The summed E-state index contributed by atoms with van der Waals surface area (Å²) in [5.41, 5.74) is 2.41. The zero-order valence-electron chi connectivity index (χ0n) is 29.8. The van der Waals surface area contributed by atoms with Gasteiger partial charge in [-0.15, -0.1) is 0 Å².